The predicted molar refractivity (Wildman–Crippen MR) is 148 cm³/mol. The molecule has 1 unspecified atom stereocenters. The van der Waals surface area contributed by atoms with Crippen molar-refractivity contribution in [1.29, 1.82) is 0 Å². The molecular formula is C29H29N5O6. The lowest BCUT2D eigenvalue weighted by molar-refractivity contribution is -0.384. The number of hydrogen-bond donors (Lipinski definition) is 2. The van der Waals surface area contributed by atoms with Crippen LogP contribution < -0.4 is 5.32 Å². The summed E-state index contributed by atoms with van der Waals surface area (Å²) < 4.78 is 10.5. The molecule has 0 saturated heterocycles. The van der Waals surface area contributed by atoms with E-state index in [9.17, 15) is 19.7 Å². The quantitative estimate of drug-likeness (QED) is 0.128. The number of nitrogens with zero attached hydrogens (tertiary/aromatic N) is 3. The summed E-state index contributed by atoms with van der Waals surface area (Å²) in [5.74, 6) is -1.34. The molecule has 0 radical (unpaired) electrons. The molecule has 40 heavy (non-hydrogen) atoms. The molecule has 1 aliphatic heterocycles. The van der Waals surface area contributed by atoms with Crippen molar-refractivity contribution >= 4 is 23.8 Å². The number of dihydropyridines is 1. The zero-order valence-electron chi connectivity index (χ0n) is 22.3. The third kappa shape index (κ3) is 6.49. The van der Waals surface area contributed by atoms with Gasteiger partial charge in [-0.2, -0.15) is 0 Å². The monoisotopic (exact) mass is 543 g/mol. The first-order valence-electron chi connectivity index (χ1n) is 12.5. The number of nitro groups is 1. The van der Waals surface area contributed by atoms with Gasteiger partial charge in [-0.15, -0.1) is 0 Å². The number of ether oxygens (including phenoxy) is 2. The largest absolute Gasteiger partial charge is 0.466 e. The van der Waals surface area contributed by atoms with Crippen LogP contribution in [0.15, 0.2) is 88.5 Å². The Kier molecular flexibility index (Phi) is 8.85. The number of imidazole rings is 1. The number of aromatic amines is 1. The van der Waals surface area contributed by atoms with Crippen molar-refractivity contribution in [3.63, 3.8) is 0 Å². The molecule has 2 aromatic carbocycles. The van der Waals surface area contributed by atoms with Crippen molar-refractivity contribution in [2.75, 3.05) is 20.3 Å². The normalized spacial score (nSPS) is 15.2. The fourth-order valence-corrected chi connectivity index (χ4v) is 4.54. The van der Waals surface area contributed by atoms with Crippen molar-refractivity contribution in [2.24, 2.45) is 4.99 Å². The molecule has 1 aromatic heterocycles. The Hall–Kier alpha value is -5.06. The third-order valence-corrected chi connectivity index (χ3v) is 6.40. The van der Waals surface area contributed by atoms with Crippen LogP contribution in [0.2, 0.25) is 0 Å². The summed E-state index contributed by atoms with van der Waals surface area (Å²) in [6, 6.07) is 13.7. The first kappa shape index (κ1) is 28.0. The van der Waals surface area contributed by atoms with Gasteiger partial charge in [0.05, 0.1) is 35.6 Å². The molecule has 0 fully saturated rings. The highest BCUT2D eigenvalue weighted by Gasteiger charge is 2.38. The number of non-ortho nitro benzene ring substituents is 1. The summed E-state index contributed by atoms with van der Waals surface area (Å²) in [6.45, 7) is 3.59. The first-order valence-corrected chi connectivity index (χ1v) is 12.5. The van der Waals surface area contributed by atoms with Crippen LogP contribution in [0.1, 0.15) is 42.3 Å². The highest BCUT2D eigenvalue weighted by Crippen LogP contribution is 2.40. The number of methoxy groups -OCH3 is 1. The first-order chi connectivity index (χ1) is 19.3. The number of nitrogens with one attached hydrogen (secondary N) is 2. The maximum atomic E-state index is 13.3. The number of hydrogen-bond acceptors (Lipinski definition) is 9. The van der Waals surface area contributed by atoms with Gasteiger partial charge in [0, 0.05) is 48.6 Å². The topological polar surface area (TPSA) is 149 Å². The molecule has 2 N–H and O–H groups in total. The van der Waals surface area contributed by atoms with E-state index in [-0.39, 0.29) is 30.0 Å². The highest BCUT2D eigenvalue weighted by molar-refractivity contribution is 5.99. The lowest BCUT2D eigenvalue weighted by Gasteiger charge is -2.30. The lowest BCUT2D eigenvalue weighted by atomic mass is 9.80. The molecule has 11 heteroatoms. The maximum Gasteiger partial charge on any atom is 0.336 e. The van der Waals surface area contributed by atoms with Crippen molar-refractivity contribution in [3.05, 3.63) is 116 Å². The predicted octanol–water partition coefficient (Wildman–Crippen LogP) is 3.98. The van der Waals surface area contributed by atoms with Gasteiger partial charge in [-0.3, -0.25) is 15.1 Å². The standard InChI is InChI=1S/C29H29N5O6/c1-18-25(28(35)39-3)27(22-5-4-6-23(16-22)34(37)38)26(19(2)33-18)29(36)40-14-13-30-17-21-9-7-20(8-10-21)15-24-31-11-12-32-24/h4-12,16-17,27,33H,13-15H2,1-3H3,(H,31,32). The molecule has 2 heterocycles. The van der Waals surface area contributed by atoms with E-state index in [1.807, 2.05) is 24.3 Å². The summed E-state index contributed by atoms with van der Waals surface area (Å²) >= 11 is 0. The molecule has 1 aliphatic rings. The molecule has 11 nitrogen and oxygen atoms in total. The number of nitro benzene ring substituents is 1. The van der Waals surface area contributed by atoms with E-state index < -0.39 is 22.8 Å². The Morgan fingerprint density at radius 1 is 1.10 bits per heavy atom. The van der Waals surface area contributed by atoms with Gasteiger partial charge in [-0.25, -0.2) is 14.6 Å². The Labute approximate surface area is 230 Å². The second kappa shape index (κ2) is 12.7. The zero-order valence-corrected chi connectivity index (χ0v) is 22.3. The summed E-state index contributed by atoms with van der Waals surface area (Å²) in [5.41, 5.74) is 3.55. The smallest absolute Gasteiger partial charge is 0.336 e. The average molecular weight is 544 g/mol. The van der Waals surface area contributed by atoms with Gasteiger partial charge >= 0.3 is 11.9 Å². The van der Waals surface area contributed by atoms with Gasteiger partial charge in [0.2, 0.25) is 0 Å². The third-order valence-electron chi connectivity index (χ3n) is 6.40. The van der Waals surface area contributed by atoms with E-state index >= 15 is 0 Å². The van der Waals surface area contributed by atoms with E-state index in [2.05, 4.69) is 20.3 Å². The molecular weight excluding hydrogens is 514 g/mol. The van der Waals surface area contributed by atoms with E-state index in [4.69, 9.17) is 9.47 Å². The summed E-state index contributed by atoms with van der Waals surface area (Å²) in [7, 11) is 1.24. The molecule has 1 atom stereocenters. The van der Waals surface area contributed by atoms with Gasteiger partial charge < -0.3 is 19.8 Å². The van der Waals surface area contributed by atoms with Crippen LogP contribution in [0.5, 0.6) is 0 Å². The van der Waals surface area contributed by atoms with Crippen molar-refractivity contribution in [1.82, 2.24) is 15.3 Å². The number of carbonyl (C=O) groups excluding carboxylic acids is 2. The van der Waals surface area contributed by atoms with E-state index in [0.29, 0.717) is 23.4 Å². The molecule has 0 amide bonds. The van der Waals surface area contributed by atoms with E-state index in [1.54, 1.807) is 38.5 Å². The van der Waals surface area contributed by atoms with Crippen molar-refractivity contribution < 1.29 is 24.0 Å². The molecule has 206 valence electrons. The SMILES string of the molecule is COC(=O)C1=C(C)NC(C)=C(C(=O)OCCN=Cc2ccc(Cc3ncc[nH]3)cc2)C1c1cccc([N+](=O)[O-])c1. The summed E-state index contributed by atoms with van der Waals surface area (Å²) in [5, 5.41) is 14.4. The van der Waals surface area contributed by atoms with Gasteiger partial charge in [0.1, 0.15) is 12.4 Å². The fraction of sp³-hybridized carbons (Fsp3) is 0.241. The zero-order chi connectivity index (χ0) is 28.6. The Balaban J connectivity index is 1.45. The second-order valence-corrected chi connectivity index (χ2v) is 9.10. The van der Waals surface area contributed by atoms with Crippen LogP contribution >= 0.6 is 0 Å². The van der Waals surface area contributed by atoms with Gasteiger partial charge in [0.25, 0.3) is 5.69 Å². The minimum atomic E-state index is -0.913. The molecule has 0 spiro atoms. The molecule has 0 aliphatic carbocycles. The molecule has 0 saturated carbocycles. The van der Waals surface area contributed by atoms with Crippen LogP contribution in [0, 0.1) is 10.1 Å². The van der Waals surface area contributed by atoms with Crippen LogP contribution in [0.25, 0.3) is 0 Å². The summed E-state index contributed by atoms with van der Waals surface area (Å²) in [6.07, 6.45) is 5.91. The number of aromatic nitrogens is 2. The molecule has 3 aromatic rings. The fourth-order valence-electron chi connectivity index (χ4n) is 4.54. The van der Waals surface area contributed by atoms with Crippen LogP contribution in [-0.2, 0) is 25.5 Å². The van der Waals surface area contributed by atoms with Gasteiger partial charge in [-0.05, 0) is 30.5 Å². The Bertz CT molecular complexity index is 1490. The van der Waals surface area contributed by atoms with Gasteiger partial charge in [-0.1, -0.05) is 36.4 Å². The second-order valence-electron chi connectivity index (χ2n) is 9.10. The van der Waals surface area contributed by atoms with E-state index in [1.165, 1.54) is 25.3 Å². The Morgan fingerprint density at radius 2 is 1.82 bits per heavy atom. The Morgan fingerprint density at radius 3 is 2.48 bits per heavy atom. The average Bonchev–Trinajstić information content (AvgIpc) is 3.46. The number of allylic oxidation sites excluding steroid dienone is 2. The molecule has 0 bridgehead atoms. The number of benzene rings is 2. The van der Waals surface area contributed by atoms with Gasteiger partial charge in [0.15, 0.2) is 0 Å². The van der Waals surface area contributed by atoms with E-state index in [0.717, 1.165) is 17.0 Å². The van der Waals surface area contributed by atoms with Crippen molar-refractivity contribution in [3.8, 4) is 0 Å². The highest BCUT2D eigenvalue weighted by atomic mass is 16.6. The number of H-pyrrole nitrogens is 1. The summed E-state index contributed by atoms with van der Waals surface area (Å²) in [4.78, 5) is 48.6. The lowest BCUT2D eigenvalue weighted by Crippen LogP contribution is -2.32. The van der Waals surface area contributed by atoms with Crippen LogP contribution in [0.3, 0.4) is 0 Å². The number of carbonyl (C=O) groups is 2. The van der Waals surface area contributed by atoms with Crippen molar-refractivity contribution in [2.45, 2.75) is 26.2 Å². The minimum absolute atomic E-state index is 0.000597. The number of esters is 2. The van der Waals surface area contributed by atoms with Crippen LogP contribution in [0.4, 0.5) is 5.69 Å². The maximum absolute atomic E-state index is 13.3. The number of aliphatic imine (C=N–C) groups is 1. The minimum Gasteiger partial charge on any atom is -0.466 e. The van der Waals surface area contributed by atoms with Crippen LogP contribution in [-0.4, -0.2) is 53.3 Å². The molecule has 4 rings (SSSR count). The number of rotatable bonds is 10.